The van der Waals surface area contributed by atoms with Gasteiger partial charge in [-0.1, -0.05) is 30.2 Å². The topological polar surface area (TPSA) is 15.8 Å². The molecule has 1 radical (unpaired) electrons. The maximum atomic E-state index is 6.83. The first-order valence-electron chi connectivity index (χ1n) is 5.36. The van der Waals surface area contributed by atoms with Crippen molar-refractivity contribution < 1.29 is 0 Å². The number of aromatic amines is 1. The molecular formula is C14H14N. The molecule has 0 aliphatic carbocycles. The van der Waals surface area contributed by atoms with Crippen molar-refractivity contribution in [2.75, 3.05) is 0 Å². The van der Waals surface area contributed by atoms with Gasteiger partial charge in [-0.15, -0.1) is 0 Å². The molecule has 0 bridgehead atoms. The van der Waals surface area contributed by atoms with Crippen LogP contribution in [-0.4, -0.2) is 4.98 Å². The van der Waals surface area contributed by atoms with Crippen LogP contribution < -0.4 is 0 Å². The van der Waals surface area contributed by atoms with E-state index in [1.807, 2.05) is 0 Å². The first-order valence-corrected chi connectivity index (χ1v) is 5.36. The van der Waals surface area contributed by atoms with E-state index in [2.05, 4.69) is 41.4 Å². The Morgan fingerprint density at radius 1 is 1.20 bits per heavy atom. The summed E-state index contributed by atoms with van der Waals surface area (Å²) in [4.78, 5) is 3.32. The minimum absolute atomic E-state index is 0.776. The predicted molar refractivity (Wildman–Crippen MR) is 63.0 cm³/mol. The fraction of sp³-hybridized carbons (Fsp3) is 0.286. The van der Waals surface area contributed by atoms with Crippen molar-refractivity contribution in [2.24, 2.45) is 0 Å². The van der Waals surface area contributed by atoms with Gasteiger partial charge in [0.2, 0.25) is 0 Å². The molecule has 0 saturated carbocycles. The smallest absolute Gasteiger partial charge is 0.0226 e. The highest BCUT2D eigenvalue weighted by Gasteiger charge is 2.01. The quantitative estimate of drug-likeness (QED) is 0.569. The molecule has 0 spiro atoms. The molecule has 0 atom stereocenters. The zero-order valence-electron chi connectivity index (χ0n) is 8.72. The highest BCUT2D eigenvalue weighted by Crippen LogP contribution is 2.19. The summed E-state index contributed by atoms with van der Waals surface area (Å²) in [6, 6.07) is 8.42. The number of hydrogen-bond donors (Lipinski definition) is 1. The lowest BCUT2D eigenvalue weighted by molar-refractivity contribution is 0.748. The summed E-state index contributed by atoms with van der Waals surface area (Å²) in [7, 11) is 0. The summed E-state index contributed by atoms with van der Waals surface area (Å²) in [5.41, 5.74) is 1.32. The lowest BCUT2D eigenvalue weighted by Crippen LogP contribution is -1.85. The van der Waals surface area contributed by atoms with Gasteiger partial charge >= 0.3 is 0 Å². The molecular weight excluding hydrogens is 182 g/mol. The van der Waals surface area contributed by atoms with Crippen molar-refractivity contribution in [2.45, 2.75) is 25.7 Å². The molecule has 1 heterocycles. The van der Waals surface area contributed by atoms with Crippen molar-refractivity contribution >= 4 is 10.8 Å². The van der Waals surface area contributed by atoms with Crippen molar-refractivity contribution in [1.29, 1.82) is 0 Å². The predicted octanol–water partition coefficient (Wildman–Crippen LogP) is 3.47. The Hall–Kier alpha value is -1.68. The van der Waals surface area contributed by atoms with E-state index in [0.717, 1.165) is 25.7 Å². The summed E-state index contributed by atoms with van der Waals surface area (Å²) >= 11 is 0. The average molecular weight is 196 g/mol. The van der Waals surface area contributed by atoms with E-state index in [-0.39, 0.29) is 0 Å². The van der Waals surface area contributed by atoms with Gasteiger partial charge in [0.05, 0.1) is 0 Å². The number of hydrogen-bond acceptors (Lipinski definition) is 0. The Labute approximate surface area is 90.5 Å². The maximum Gasteiger partial charge on any atom is 0.0226 e. The summed E-state index contributed by atoms with van der Waals surface area (Å²) in [5, 5.41) is 2.61. The number of H-pyrrole nitrogens is 1. The number of nitrogens with one attached hydrogen (secondary N) is 1. The first kappa shape index (κ1) is 9.86. The molecule has 15 heavy (non-hydrogen) atoms. The summed E-state index contributed by atoms with van der Waals surface area (Å²) in [6.07, 6.45) is 12.9. The van der Waals surface area contributed by atoms with E-state index < -0.39 is 0 Å². The van der Waals surface area contributed by atoms with Crippen LogP contribution in [0.15, 0.2) is 30.5 Å². The highest BCUT2D eigenvalue weighted by atomic mass is 14.7. The summed E-state index contributed by atoms with van der Waals surface area (Å²) < 4.78 is 0. The molecule has 0 aliphatic rings. The Kier molecular flexibility index (Phi) is 3.09. The van der Waals surface area contributed by atoms with E-state index in [4.69, 9.17) is 6.42 Å². The molecule has 0 unspecified atom stereocenters. The largest absolute Gasteiger partial charge is 0.364 e. The monoisotopic (exact) mass is 196 g/mol. The van der Waals surface area contributed by atoms with Crippen LogP contribution in [0.1, 0.15) is 25.0 Å². The third-order valence-corrected chi connectivity index (χ3v) is 2.67. The van der Waals surface area contributed by atoms with Crippen LogP contribution in [0.25, 0.3) is 10.8 Å². The van der Waals surface area contributed by atoms with Gasteiger partial charge in [-0.05, 0) is 31.1 Å². The van der Waals surface area contributed by atoms with Gasteiger partial charge in [-0.2, -0.15) is 0 Å². The summed E-state index contributed by atoms with van der Waals surface area (Å²) in [5.74, 6) is 2.42. The molecule has 2 aromatic rings. The van der Waals surface area contributed by atoms with E-state index >= 15 is 0 Å². The van der Waals surface area contributed by atoms with E-state index in [0.29, 0.717) is 0 Å². The molecule has 0 aliphatic heterocycles. The van der Waals surface area contributed by atoms with Crippen molar-refractivity contribution in [1.82, 2.24) is 4.98 Å². The third-order valence-electron chi connectivity index (χ3n) is 2.67. The normalized spacial score (nSPS) is 10.3. The SMILES string of the molecule is [C]#CCCCCc1[nH]cc2ccccc12. The maximum absolute atomic E-state index is 6.83. The standard InChI is InChI=1S/C14H14N/c1-2-3-4-5-10-14-13-9-7-6-8-12(13)11-15-14/h6-9,11,15H,3-5,10H2. The zero-order valence-corrected chi connectivity index (χ0v) is 8.72. The zero-order chi connectivity index (χ0) is 10.5. The number of fused-ring (bicyclic) bond motifs is 1. The number of unbranched alkanes of at least 4 members (excludes halogenated alkanes) is 2. The van der Waals surface area contributed by atoms with E-state index in [1.54, 1.807) is 0 Å². The van der Waals surface area contributed by atoms with Crippen LogP contribution in [0.3, 0.4) is 0 Å². The number of rotatable bonds is 4. The minimum Gasteiger partial charge on any atom is -0.364 e. The molecule has 2 rings (SSSR count). The second-order valence-corrected chi connectivity index (χ2v) is 3.74. The van der Waals surface area contributed by atoms with Crippen molar-refractivity contribution in [3.63, 3.8) is 0 Å². The number of benzene rings is 1. The van der Waals surface area contributed by atoms with Gasteiger partial charge in [0.25, 0.3) is 0 Å². The molecule has 1 aromatic heterocycles. The molecule has 0 saturated heterocycles. The Balaban J connectivity index is 2.05. The van der Waals surface area contributed by atoms with Crippen LogP contribution >= 0.6 is 0 Å². The second-order valence-electron chi connectivity index (χ2n) is 3.74. The Bertz CT molecular complexity index is 473. The molecule has 0 fully saturated rings. The van der Waals surface area contributed by atoms with Gasteiger partial charge in [-0.25, -0.2) is 0 Å². The first-order chi connectivity index (χ1) is 7.42. The van der Waals surface area contributed by atoms with Gasteiger partial charge in [0, 0.05) is 23.7 Å². The number of aryl methyl sites for hydroxylation is 1. The average Bonchev–Trinajstić information content (AvgIpc) is 2.68. The molecule has 75 valence electrons. The molecule has 1 heteroatoms. The van der Waals surface area contributed by atoms with Gasteiger partial charge < -0.3 is 4.98 Å². The van der Waals surface area contributed by atoms with Crippen LogP contribution in [-0.2, 0) is 6.42 Å². The minimum atomic E-state index is 0.776. The highest BCUT2D eigenvalue weighted by molar-refractivity contribution is 5.85. The van der Waals surface area contributed by atoms with Crippen LogP contribution in [0.5, 0.6) is 0 Å². The third kappa shape index (κ3) is 2.22. The lowest BCUT2D eigenvalue weighted by Gasteiger charge is -1.98. The van der Waals surface area contributed by atoms with Gasteiger partial charge in [0.15, 0.2) is 0 Å². The fourth-order valence-electron chi connectivity index (χ4n) is 1.86. The van der Waals surface area contributed by atoms with Crippen LogP contribution in [0, 0.1) is 12.3 Å². The van der Waals surface area contributed by atoms with E-state index in [9.17, 15) is 0 Å². The summed E-state index contributed by atoms with van der Waals surface area (Å²) in [6.45, 7) is 0. The Morgan fingerprint density at radius 3 is 2.93 bits per heavy atom. The number of aromatic nitrogens is 1. The second kappa shape index (κ2) is 4.70. The fourth-order valence-corrected chi connectivity index (χ4v) is 1.86. The van der Waals surface area contributed by atoms with Gasteiger partial charge in [0.1, 0.15) is 0 Å². The molecule has 1 N–H and O–H groups in total. The van der Waals surface area contributed by atoms with Crippen LogP contribution in [0.2, 0.25) is 0 Å². The molecule has 1 nitrogen and oxygen atoms in total. The van der Waals surface area contributed by atoms with Gasteiger partial charge in [-0.3, -0.25) is 0 Å². The molecule has 1 aromatic carbocycles. The Morgan fingerprint density at radius 2 is 2.07 bits per heavy atom. The van der Waals surface area contributed by atoms with E-state index in [1.165, 1.54) is 16.5 Å². The van der Waals surface area contributed by atoms with Crippen LogP contribution in [0.4, 0.5) is 0 Å². The lowest BCUT2D eigenvalue weighted by atomic mass is 10.1. The molecule has 0 amide bonds. The van der Waals surface area contributed by atoms with Crippen molar-refractivity contribution in [3.05, 3.63) is 42.6 Å². The van der Waals surface area contributed by atoms with Crippen molar-refractivity contribution in [3.8, 4) is 5.92 Å².